The van der Waals surface area contributed by atoms with Crippen molar-refractivity contribution in [2.75, 3.05) is 11.5 Å². The predicted molar refractivity (Wildman–Crippen MR) is 131 cm³/mol. The topological polar surface area (TPSA) is 52.4 Å². The molecule has 0 spiro atoms. The molecule has 4 nitrogen and oxygen atoms in total. The van der Waals surface area contributed by atoms with Gasteiger partial charge in [-0.05, 0) is 33.8 Å². The van der Waals surface area contributed by atoms with Crippen molar-refractivity contribution in [1.82, 2.24) is 5.06 Å². The first kappa shape index (κ1) is 20.4. The van der Waals surface area contributed by atoms with Crippen molar-refractivity contribution in [3.05, 3.63) is 38.3 Å². The third-order valence-corrected chi connectivity index (χ3v) is 15.6. The van der Waals surface area contributed by atoms with Crippen LogP contribution in [0.5, 0.6) is 0 Å². The fourth-order valence-corrected chi connectivity index (χ4v) is 13.5. The molecule has 4 aliphatic rings. The Labute approximate surface area is 194 Å². The molecule has 0 saturated carbocycles. The zero-order valence-electron chi connectivity index (χ0n) is 15.6. The molecule has 150 valence electrons. The molecule has 0 amide bonds. The number of hydroxylamine groups is 3. The largest absolute Gasteiger partial charge is 0.714 e. The molecule has 0 radical (unpaired) electrons. The predicted octanol–water partition coefficient (Wildman–Crippen LogP) is 6.79. The van der Waals surface area contributed by atoms with Gasteiger partial charge in [-0.15, -0.1) is 34.9 Å². The Morgan fingerprint density at radius 3 is 2.07 bits per heavy atom. The van der Waals surface area contributed by atoms with Gasteiger partial charge in [-0.2, -0.15) is 0 Å². The molecule has 11 heteroatoms. The quantitative estimate of drug-likeness (QED) is 0.303. The Morgan fingerprint density at radius 2 is 1.54 bits per heavy atom. The van der Waals surface area contributed by atoms with Gasteiger partial charge in [0, 0.05) is 16.4 Å². The summed E-state index contributed by atoms with van der Waals surface area (Å²) in [7, 11) is 0. The van der Waals surface area contributed by atoms with Crippen LogP contribution in [0, 0.1) is 10.4 Å². The van der Waals surface area contributed by atoms with Gasteiger partial charge < -0.3 is 10.4 Å². The molecule has 1 aromatic rings. The van der Waals surface area contributed by atoms with E-state index in [1.54, 1.807) is 34.9 Å². The molecule has 0 bridgehead atoms. The smallest absolute Gasteiger partial charge is 0.289 e. The lowest BCUT2D eigenvalue weighted by atomic mass is 9.84. The van der Waals surface area contributed by atoms with Crippen LogP contribution < -0.4 is 0 Å². The fraction of sp³-hybridized carbons (Fsp3) is 0.471. The molecule has 0 aromatic carbocycles. The Kier molecular flexibility index (Phi) is 5.11. The normalized spacial score (nSPS) is 25.8. The highest BCUT2D eigenvalue weighted by Gasteiger charge is 2.55. The summed E-state index contributed by atoms with van der Waals surface area (Å²) >= 11 is 12.9. The first-order chi connectivity index (χ1) is 13.2. The van der Waals surface area contributed by atoms with Crippen molar-refractivity contribution < 1.29 is 4.74 Å². The van der Waals surface area contributed by atoms with Crippen molar-refractivity contribution in [2.24, 2.45) is 0 Å². The van der Waals surface area contributed by atoms with Gasteiger partial charge in [-0.1, -0.05) is 47.0 Å². The second-order valence-corrected chi connectivity index (χ2v) is 16.2. The Balaban J connectivity index is 1.42. The SMILES string of the molecule is CC1(C)N([O-])C(c2cc3c(s2)SC(=C2SC4=C(SCCS4)S2)S3)=[N+]([O-])C1(C)C. The molecular weight excluding hydrogens is 489 g/mol. The molecule has 0 unspecified atom stereocenters. The highest BCUT2D eigenvalue weighted by atomic mass is 32.3. The molecule has 0 N–H and O–H groups in total. The summed E-state index contributed by atoms with van der Waals surface area (Å²) in [5.41, 5.74) is -1.55. The second kappa shape index (κ2) is 7.01. The maximum absolute atomic E-state index is 12.9. The average Bonchev–Trinajstić information content (AvgIpc) is 3.34. The van der Waals surface area contributed by atoms with Crippen LogP contribution in [0.1, 0.15) is 32.6 Å². The Hall–Kier alpha value is 0.510. The van der Waals surface area contributed by atoms with Gasteiger partial charge in [-0.3, -0.25) is 9.80 Å². The first-order valence-electron chi connectivity index (χ1n) is 8.61. The van der Waals surface area contributed by atoms with Gasteiger partial charge in [0.05, 0.1) is 21.2 Å². The summed E-state index contributed by atoms with van der Waals surface area (Å²) in [6, 6.07) is 2.02. The first-order valence-corrected chi connectivity index (χ1v) is 14.7. The molecule has 4 aliphatic heterocycles. The summed E-state index contributed by atoms with van der Waals surface area (Å²) in [6.07, 6.45) is 0. The van der Waals surface area contributed by atoms with E-state index in [0.29, 0.717) is 0 Å². The van der Waals surface area contributed by atoms with E-state index in [1.165, 1.54) is 32.7 Å². The van der Waals surface area contributed by atoms with Crippen LogP contribution in [0.4, 0.5) is 0 Å². The van der Waals surface area contributed by atoms with Gasteiger partial charge in [0.1, 0.15) is 16.0 Å². The van der Waals surface area contributed by atoms with Gasteiger partial charge in [0.2, 0.25) is 0 Å². The zero-order valence-corrected chi connectivity index (χ0v) is 21.3. The van der Waals surface area contributed by atoms with E-state index in [0.717, 1.165) is 19.6 Å². The lowest BCUT2D eigenvalue weighted by Crippen LogP contribution is -2.52. The molecule has 28 heavy (non-hydrogen) atoms. The van der Waals surface area contributed by atoms with Crippen molar-refractivity contribution in [3.8, 4) is 0 Å². The van der Waals surface area contributed by atoms with E-state index >= 15 is 0 Å². The van der Waals surface area contributed by atoms with E-state index in [-0.39, 0.29) is 5.84 Å². The van der Waals surface area contributed by atoms with Gasteiger partial charge >= 0.3 is 0 Å². The number of amidine groups is 1. The lowest BCUT2D eigenvalue weighted by Gasteiger charge is -2.38. The standard InChI is InChI=1S/C17H17N2O2S7/c1-16(2)17(3,4)19(21)10(18(16)20)8-7-9-11(24-8)26-14(25-9)15-27-12-13(28-15)23-6-5-22-12/h7H,5-6H2,1-4H3/q-1. The molecule has 0 aliphatic carbocycles. The highest BCUT2D eigenvalue weighted by Crippen LogP contribution is 2.66. The maximum atomic E-state index is 12.9. The van der Waals surface area contributed by atoms with Crippen LogP contribution in [-0.4, -0.2) is 38.2 Å². The van der Waals surface area contributed by atoms with Crippen LogP contribution in [-0.2, 0) is 0 Å². The summed E-state index contributed by atoms with van der Waals surface area (Å²) in [5.74, 6) is 2.64. The van der Waals surface area contributed by atoms with Crippen molar-refractivity contribution >= 4 is 87.7 Å². The minimum absolute atomic E-state index is 0.249. The monoisotopic (exact) mass is 505 g/mol. The number of hydrogen-bond acceptors (Lipinski definition) is 10. The number of thiophene rings is 1. The summed E-state index contributed by atoms with van der Waals surface area (Å²) in [4.78, 5) is 1.93. The number of hydrogen-bond donors (Lipinski definition) is 0. The van der Waals surface area contributed by atoms with Crippen molar-refractivity contribution in [2.45, 2.75) is 47.9 Å². The van der Waals surface area contributed by atoms with Crippen LogP contribution in [0.15, 0.2) is 32.1 Å². The molecule has 5 rings (SSSR count). The van der Waals surface area contributed by atoms with Gasteiger partial charge in [0.15, 0.2) is 0 Å². The van der Waals surface area contributed by atoms with Gasteiger partial charge in [0.25, 0.3) is 5.84 Å². The zero-order chi connectivity index (χ0) is 19.8. The van der Waals surface area contributed by atoms with E-state index in [9.17, 15) is 10.4 Å². The van der Waals surface area contributed by atoms with E-state index in [2.05, 4.69) is 0 Å². The van der Waals surface area contributed by atoms with E-state index < -0.39 is 11.1 Å². The molecule has 5 heterocycles. The molecular formula is C17H17N2O2S7-. The van der Waals surface area contributed by atoms with Crippen molar-refractivity contribution in [3.63, 3.8) is 0 Å². The van der Waals surface area contributed by atoms with Crippen LogP contribution in [0.25, 0.3) is 0 Å². The highest BCUT2D eigenvalue weighted by molar-refractivity contribution is 8.42. The average molecular weight is 506 g/mol. The number of thioether (sulfide) groups is 6. The van der Waals surface area contributed by atoms with Crippen LogP contribution in [0.3, 0.4) is 0 Å². The molecule has 0 fully saturated rings. The molecule has 0 atom stereocenters. The summed E-state index contributed by atoms with van der Waals surface area (Å²) in [6.45, 7) is 7.35. The minimum atomic E-state index is -0.775. The maximum Gasteiger partial charge on any atom is 0.289 e. The number of fused-ring (bicyclic) bond motifs is 1. The Morgan fingerprint density at radius 1 is 0.929 bits per heavy atom. The lowest BCUT2D eigenvalue weighted by molar-refractivity contribution is -0.539. The van der Waals surface area contributed by atoms with Crippen LogP contribution >= 0.6 is 81.9 Å². The number of nitrogens with zero attached hydrogens (tertiary/aromatic N) is 2. The van der Waals surface area contributed by atoms with Crippen molar-refractivity contribution in [1.29, 1.82) is 0 Å². The summed E-state index contributed by atoms with van der Waals surface area (Å²) < 4.78 is 7.70. The molecule has 0 saturated heterocycles. The third kappa shape index (κ3) is 2.95. The summed E-state index contributed by atoms with van der Waals surface area (Å²) in [5, 5.41) is 26.7. The van der Waals surface area contributed by atoms with E-state index in [1.807, 2.05) is 80.8 Å². The van der Waals surface area contributed by atoms with Gasteiger partial charge in [-0.25, -0.2) is 0 Å². The second-order valence-electron chi connectivity index (χ2n) is 7.55. The number of rotatable bonds is 1. The molecule has 1 aromatic heterocycles. The Bertz CT molecular complexity index is 931. The fourth-order valence-electron chi connectivity index (χ4n) is 3.01. The minimum Gasteiger partial charge on any atom is -0.714 e. The van der Waals surface area contributed by atoms with E-state index in [4.69, 9.17) is 0 Å². The third-order valence-electron chi connectivity index (χ3n) is 5.43. The van der Waals surface area contributed by atoms with Crippen LogP contribution in [0.2, 0.25) is 0 Å².